The number of hydrogen-bond acceptors (Lipinski definition) is 5. The molecule has 0 spiro atoms. The molecule has 0 aromatic heterocycles. The van der Waals surface area contributed by atoms with Gasteiger partial charge in [-0.05, 0) is 38.9 Å². The van der Waals surface area contributed by atoms with Crippen LogP contribution in [0.3, 0.4) is 0 Å². The third-order valence-electron chi connectivity index (χ3n) is 2.29. The second-order valence-corrected chi connectivity index (χ2v) is 4.66. The molecule has 0 saturated carbocycles. The average molecular weight is 251 g/mol. The Bertz CT molecular complexity index is 335. The average Bonchev–Trinajstić information content (AvgIpc) is 2.62. The summed E-state index contributed by atoms with van der Waals surface area (Å²) in [6, 6.07) is -0.524. The van der Waals surface area contributed by atoms with Gasteiger partial charge in [-0.25, -0.2) is 4.99 Å². The molecule has 7 nitrogen and oxygen atoms in total. The topological polar surface area (TPSA) is 105 Å². The molecule has 1 heterocycles. The van der Waals surface area contributed by atoms with Crippen LogP contribution in [-0.2, 0) is 14.6 Å². The second-order valence-electron chi connectivity index (χ2n) is 3.63. The van der Waals surface area contributed by atoms with Crippen LogP contribution in [0.1, 0.15) is 19.3 Å². The van der Waals surface area contributed by atoms with Gasteiger partial charge >= 0.3 is 16.4 Å². The van der Waals surface area contributed by atoms with Gasteiger partial charge in [0.15, 0.2) is 0 Å². The number of hydrogen-bond donors (Lipinski definition) is 2. The predicted molar refractivity (Wildman–Crippen MR) is 59.4 cm³/mol. The Morgan fingerprint density at radius 1 is 1.44 bits per heavy atom. The standard InChI is InChI=1S/C8H17N3O4S/c9-8(15-16(12,13)14)10-4-3-7-11-5-1-2-6-11/h1-7H2,(H2,9,10)(H,12,13,14). The van der Waals surface area contributed by atoms with Crippen LogP contribution >= 0.6 is 0 Å². The van der Waals surface area contributed by atoms with Crippen LogP contribution in [0.25, 0.3) is 0 Å². The Morgan fingerprint density at radius 3 is 2.62 bits per heavy atom. The largest absolute Gasteiger partial charge is 0.449 e. The molecule has 0 radical (unpaired) electrons. The minimum absolute atomic E-state index is 0.387. The normalized spacial score (nSPS) is 18.9. The van der Waals surface area contributed by atoms with Gasteiger partial charge in [0, 0.05) is 6.54 Å². The van der Waals surface area contributed by atoms with Crippen molar-refractivity contribution in [1.29, 1.82) is 0 Å². The van der Waals surface area contributed by atoms with Gasteiger partial charge in [-0.1, -0.05) is 0 Å². The van der Waals surface area contributed by atoms with Gasteiger partial charge in [0.1, 0.15) is 0 Å². The Kier molecular flexibility index (Phi) is 4.97. The van der Waals surface area contributed by atoms with E-state index in [0.29, 0.717) is 6.54 Å². The summed E-state index contributed by atoms with van der Waals surface area (Å²) >= 11 is 0. The summed E-state index contributed by atoms with van der Waals surface area (Å²) in [4.78, 5) is 5.99. The van der Waals surface area contributed by atoms with E-state index < -0.39 is 16.4 Å². The fourth-order valence-corrected chi connectivity index (χ4v) is 1.89. The number of nitrogens with two attached hydrogens (primary N) is 1. The molecule has 0 aromatic rings. The highest BCUT2D eigenvalue weighted by Gasteiger charge is 2.10. The third kappa shape index (κ3) is 5.89. The van der Waals surface area contributed by atoms with Crippen LogP contribution in [0.4, 0.5) is 0 Å². The van der Waals surface area contributed by atoms with Crippen LogP contribution < -0.4 is 5.73 Å². The van der Waals surface area contributed by atoms with E-state index in [9.17, 15) is 8.42 Å². The van der Waals surface area contributed by atoms with Crippen molar-refractivity contribution in [2.45, 2.75) is 19.3 Å². The summed E-state index contributed by atoms with van der Waals surface area (Å²) in [5, 5.41) is 0. The van der Waals surface area contributed by atoms with Gasteiger partial charge in [-0.3, -0.25) is 4.55 Å². The SMILES string of the molecule is NC(=NCCCN1CCCC1)OS(=O)(=O)O. The predicted octanol–water partition coefficient (Wildman–Crippen LogP) is -0.394. The van der Waals surface area contributed by atoms with Crippen molar-refractivity contribution in [2.75, 3.05) is 26.2 Å². The van der Waals surface area contributed by atoms with Gasteiger partial charge in [0.25, 0.3) is 0 Å². The molecule has 94 valence electrons. The molecule has 8 heteroatoms. The van der Waals surface area contributed by atoms with Crippen LogP contribution in [0, 0.1) is 0 Å². The van der Waals surface area contributed by atoms with E-state index in [1.807, 2.05) is 0 Å². The van der Waals surface area contributed by atoms with Crippen molar-refractivity contribution in [3.8, 4) is 0 Å². The van der Waals surface area contributed by atoms with Crippen molar-refractivity contribution in [1.82, 2.24) is 4.90 Å². The first-order valence-corrected chi connectivity index (χ1v) is 6.53. The van der Waals surface area contributed by atoms with Gasteiger partial charge in [-0.2, -0.15) is 8.42 Å². The summed E-state index contributed by atoms with van der Waals surface area (Å²) in [6.45, 7) is 3.53. The zero-order chi connectivity index (χ0) is 12.0. The van der Waals surface area contributed by atoms with Crippen molar-refractivity contribution in [3.05, 3.63) is 0 Å². The number of aliphatic imine (C=N–C) groups is 1. The Labute approximate surface area is 95.2 Å². The lowest BCUT2D eigenvalue weighted by molar-refractivity contribution is 0.335. The van der Waals surface area contributed by atoms with Crippen molar-refractivity contribution in [2.24, 2.45) is 10.7 Å². The maximum Gasteiger partial charge on any atom is 0.449 e. The molecule has 0 atom stereocenters. The first-order valence-electron chi connectivity index (χ1n) is 5.16. The Morgan fingerprint density at radius 2 is 2.06 bits per heavy atom. The van der Waals surface area contributed by atoms with Crippen LogP contribution in [-0.4, -0.2) is 50.1 Å². The van der Waals surface area contributed by atoms with Crippen LogP contribution in [0.5, 0.6) is 0 Å². The molecule has 16 heavy (non-hydrogen) atoms. The van der Waals surface area contributed by atoms with E-state index in [2.05, 4.69) is 14.1 Å². The summed E-state index contributed by atoms with van der Waals surface area (Å²) < 4.78 is 32.7. The number of nitrogens with zero attached hydrogens (tertiary/aromatic N) is 2. The quantitative estimate of drug-likeness (QED) is 0.298. The fraction of sp³-hybridized carbons (Fsp3) is 0.875. The molecule has 0 bridgehead atoms. The summed E-state index contributed by atoms with van der Waals surface area (Å²) in [5.41, 5.74) is 5.13. The van der Waals surface area contributed by atoms with E-state index in [1.165, 1.54) is 12.8 Å². The van der Waals surface area contributed by atoms with Crippen LogP contribution in [0.15, 0.2) is 4.99 Å². The third-order valence-corrected chi connectivity index (χ3v) is 2.67. The molecule has 0 unspecified atom stereocenters. The summed E-state index contributed by atoms with van der Waals surface area (Å²) in [6.07, 6.45) is 3.25. The molecular formula is C8H17N3O4S. The molecule has 1 fully saturated rings. The molecule has 0 amide bonds. The molecule has 1 saturated heterocycles. The molecule has 3 N–H and O–H groups in total. The van der Waals surface area contributed by atoms with Gasteiger partial charge in [0.2, 0.25) is 0 Å². The minimum Gasteiger partial charge on any atom is -0.353 e. The van der Waals surface area contributed by atoms with Gasteiger partial charge in [0.05, 0.1) is 0 Å². The zero-order valence-electron chi connectivity index (χ0n) is 9.00. The lowest BCUT2D eigenvalue weighted by Gasteiger charge is -2.12. The molecule has 0 aromatic carbocycles. The molecule has 1 rings (SSSR count). The van der Waals surface area contributed by atoms with Crippen molar-refractivity contribution in [3.63, 3.8) is 0 Å². The van der Waals surface area contributed by atoms with E-state index in [4.69, 9.17) is 10.3 Å². The fourth-order valence-electron chi connectivity index (χ4n) is 1.62. The highest BCUT2D eigenvalue weighted by atomic mass is 32.3. The second kappa shape index (κ2) is 6.02. The molecule has 1 aliphatic rings. The van der Waals surface area contributed by atoms with E-state index >= 15 is 0 Å². The minimum atomic E-state index is -4.54. The monoisotopic (exact) mass is 251 g/mol. The lowest BCUT2D eigenvalue weighted by atomic mass is 10.4. The first kappa shape index (κ1) is 13.2. The highest BCUT2D eigenvalue weighted by molar-refractivity contribution is 7.81. The number of likely N-dealkylation sites (tertiary alicyclic amines) is 1. The number of amidine groups is 1. The molecular weight excluding hydrogens is 234 g/mol. The zero-order valence-corrected chi connectivity index (χ0v) is 9.82. The van der Waals surface area contributed by atoms with E-state index in [-0.39, 0.29) is 0 Å². The first-order chi connectivity index (χ1) is 7.47. The summed E-state index contributed by atoms with van der Waals surface area (Å²) in [7, 11) is -4.54. The van der Waals surface area contributed by atoms with Crippen molar-refractivity contribution < 1.29 is 17.2 Å². The number of rotatable bonds is 5. The van der Waals surface area contributed by atoms with E-state index in [1.54, 1.807) is 0 Å². The smallest absolute Gasteiger partial charge is 0.353 e. The molecule has 1 aliphatic heterocycles. The van der Waals surface area contributed by atoms with Gasteiger partial charge in [-0.15, -0.1) is 0 Å². The Balaban J connectivity index is 2.15. The van der Waals surface area contributed by atoms with E-state index in [0.717, 1.165) is 26.1 Å². The Hall–Kier alpha value is -0.860. The lowest BCUT2D eigenvalue weighted by Crippen LogP contribution is -2.23. The van der Waals surface area contributed by atoms with Crippen LogP contribution in [0.2, 0.25) is 0 Å². The van der Waals surface area contributed by atoms with Gasteiger partial charge < -0.3 is 14.8 Å². The maximum absolute atomic E-state index is 10.2. The molecule has 0 aliphatic carbocycles. The summed E-state index contributed by atoms with van der Waals surface area (Å²) in [5.74, 6) is 0. The highest BCUT2D eigenvalue weighted by Crippen LogP contribution is 2.07. The maximum atomic E-state index is 10.2. The van der Waals surface area contributed by atoms with Crippen molar-refractivity contribution >= 4 is 16.4 Å².